The normalized spacial score (nSPS) is 13.7. The van der Waals surface area contributed by atoms with Crippen LogP contribution in [0.3, 0.4) is 0 Å². The third kappa shape index (κ3) is 4.01. The largest absolute Gasteiger partial charge is 0.297 e. The van der Waals surface area contributed by atoms with E-state index in [1.807, 2.05) is 12.3 Å². The Morgan fingerprint density at radius 3 is 2.40 bits per heavy atom. The summed E-state index contributed by atoms with van der Waals surface area (Å²) in [6.45, 7) is 2.09. The summed E-state index contributed by atoms with van der Waals surface area (Å²) in [5.41, 5.74) is 1.20. The summed E-state index contributed by atoms with van der Waals surface area (Å²) in [4.78, 5) is 7.75. The van der Waals surface area contributed by atoms with E-state index in [0.29, 0.717) is 0 Å². The first kappa shape index (κ1) is 9.08. The number of aliphatic imine (C=N–C) groups is 2. The highest BCUT2D eigenvalue weighted by Gasteiger charge is 1.83. The lowest BCUT2D eigenvalue weighted by atomic mass is 10.2. The summed E-state index contributed by atoms with van der Waals surface area (Å²) < 4.78 is 0. The summed E-state index contributed by atoms with van der Waals surface area (Å²) in [6, 6.07) is 0. The van der Waals surface area contributed by atoms with Gasteiger partial charge in [0.1, 0.15) is 0 Å². The number of hydrogen-bond acceptors (Lipinski definition) is 2. The second kappa shape index (κ2) is 6.20. The van der Waals surface area contributed by atoms with Gasteiger partial charge in [0.15, 0.2) is 0 Å². The van der Waals surface area contributed by atoms with Gasteiger partial charge in [0.25, 0.3) is 0 Å². The lowest BCUT2D eigenvalue weighted by molar-refractivity contribution is 1.18. The van der Waals surface area contributed by atoms with E-state index in [4.69, 9.17) is 0 Å². The van der Waals surface area contributed by atoms with Crippen LogP contribution in [0.1, 0.15) is 13.3 Å². The highest BCUT2D eigenvalue weighted by Crippen LogP contribution is 1.93. The van der Waals surface area contributed by atoms with Gasteiger partial charge < -0.3 is 0 Å². The lowest BCUT2D eigenvalue weighted by Crippen LogP contribution is -1.82. The molecule has 0 radical (unpaired) electrons. The molecule has 0 saturated carbocycles. The van der Waals surface area contributed by atoms with Gasteiger partial charge in [-0.3, -0.25) is 9.98 Å². The predicted molar refractivity (Wildman–Crippen MR) is 47.2 cm³/mol. The van der Waals surface area contributed by atoms with Crippen LogP contribution >= 0.6 is 0 Å². The third-order valence-corrected chi connectivity index (χ3v) is 1.14. The Kier molecular flexibility index (Phi) is 5.63. The van der Waals surface area contributed by atoms with Crippen molar-refractivity contribution in [3.8, 4) is 0 Å². The minimum Gasteiger partial charge on any atom is -0.297 e. The second-order valence-corrected chi connectivity index (χ2v) is 1.89. The molecule has 0 rings (SSSR count). The molecule has 0 aliphatic heterocycles. The average Bonchev–Trinajstić information content (AvgIpc) is 1.98. The maximum absolute atomic E-state index is 3.90. The van der Waals surface area contributed by atoms with Crippen LogP contribution in [-0.4, -0.2) is 26.5 Å². The Labute approximate surface area is 62.4 Å². The van der Waals surface area contributed by atoms with E-state index in [1.54, 1.807) is 20.3 Å². The van der Waals surface area contributed by atoms with E-state index in [9.17, 15) is 0 Å². The minimum absolute atomic E-state index is 1.00. The first-order valence-corrected chi connectivity index (χ1v) is 3.38. The Bertz CT molecular complexity index is 155. The van der Waals surface area contributed by atoms with Crippen molar-refractivity contribution in [1.29, 1.82) is 0 Å². The molecule has 0 aromatic rings. The van der Waals surface area contributed by atoms with Crippen molar-refractivity contribution in [2.45, 2.75) is 13.3 Å². The quantitative estimate of drug-likeness (QED) is 0.530. The monoisotopic (exact) mass is 138 g/mol. The standard InChI is InChI=1S/C8H14N2/c1-4-8(7-10-3)5-6-9-2/h5-7H,4H2,1-3H3/b8-5-,9-6-,10-7-. The van der Waals surface area contributed by atoms with Crippen molar-refractivity contribution in [2.24, 2.45) is 9.98 Å². The number of nitrogens with zero attached hydrogens (tertiary/aromatic N) is 2. The third-order valence-electron chi connectivity index (χ3n) is 1.14. The van der Waals surface area contributed by atoms with Crippen molar-refractivity contribution >= 4 is 12.4 Å². The zero-order valence-electron chi connectivity index (χ0n) is 6.83. The molecule has 2 heteroatoms. The zero-order chi connectivity index (χ0) is 7.82. The second-order valence-electron chi connectivity index (χ2n) is 1.89. The van der Waals surface area contributed by atoms with E-state index in [-0.39, 0.29) is 0 Å². The number of rotatable bonds is 3. The number of hydrogen-bond donors (Lipinski definition) is 0. The van der Waals surface area contributed by atoms with E-state index in [0.717, 1.165) is 6.42 Å². The molecule has 10 heavy (non-hydrogen) atoms. The Morgan fingerprint density at radius 2 is 2.00 bits per heavy atom. The predicted octanol–water partition coefficient (Wildman–Crippen LogP) is 1.72. The number of allylic oxidation sites excluding steroid dienone is 2. The zero-order valence-corrected chi connectivity index (χ0v) is 6.83. The molecular weight excluding hydrogens is 124 g/mol. The molecule has 0 heterocycles. The van der Waals surface area contributed by atoms with E-state index in [1.165, 1.54) is 5.57 Å². The highest BCUT2D eigenvalue weighted by atomic mass is 14.6. The van der Waals surface area contributed by atoms with E-state index in [2.05, 4.69) is 16.9 Å². The molecule has 0 spiro atoms. The van der Waals surface area contributed by atoms with Crippen molar-refractivity contribution in [2.75, 3.05) is 14.1 Å². The van der Waals surface area contributed by atoms with Gasteiger partial charge in [0, 0.05) is 26.5 Å². The van der Waals surface area contributed by atoms with Gasteiger partial charge in [0.05, 0.1) is 0 Å². The molecule has 0 aromatic heterocycles. The van der Waals surface area contributed by atoms with Gasteiger partial charge in [-0.2, -0.15) is 0 Å². The fourth-order valence-electron chi connectivity index (χ4n) is 0.588. The van der Waals surface area contributed by atoms with Crippen LogP contribution in [0.15, 0.2) is 21.6 Å². The summed E-state index contributed by atoms with van der Waals surface area (Å²) >= 11 is 0. The van der Waals surface area contributed by atoms with Gasteiger partial charge >= 0.3 is 0 Å². The SMILES string of the molecule is CCC(/C=N\C)=C/C=N\C. The topological polar surface area (TPSA) is 24.7 Å². The molecule has 56 valence electrons. The molecule has 0 fully saturated rings. The first-order valence-electron chi connectivity index (χ1n) is 3.38. The molecule has 0 aliphatic carbocycles. The Hall–Kier alpha value is -0.920. The van der Waals surface area contributed by atoms with Crippen molar-refractivity contribution in [3.05, 3.63) is 11.6 Å². The van der Waals surface area contributed by atoms with E-state index < -0.39 is 0 Å². The van der Waals surface area contributed by atoms with Gasteiger partial charge in [-0.25, -0.2) is 0 Å². The van der Waals surface area contributed by atoms with Gasteiger partial charge in [-0.1, -0.05) is 6.92 Å². The van der Waals surface area contributed by atoms with Gasteiger partial charge in [0.2, 0.25) is 0 Å². The molecule has 0 N–H and O–H groups in total. The van der Waals surface area contributed by atoms with Crippen LogP contribution in [0.5, 0.6) is 0 Å². The first-order chi connectivity index (χ1) is 4.85. The molecule has 0 saturated heterocycles. The molecule has 0 atom stereocenters. The van der Waals surface area contributed by atoms with Gasteiger partial charge in [-0.05, 0) is 18.1 Å². The van der Waals surface area contributed by atoms with Crippen LogP contribution in [0.2, 0.25) is 0 Å². The summed E-state index contributed by atoms with van der Waals surface area (Å²) in [7, 11) is 3.53. The van der Waals surface area contributed by atoms with Crippen molar-refractivity contribution < 1.29 is 0 Å². The molecule has 0 amide bonds. The molecule has 0 aromatic carbocycles. The molecular formula is C8H14N2. The summed E-state index contributed by atoms with van der Waals surface area (Å²) in [5, 5.41) is 0. The molecule has 0 unspecified atom stereocenters. The smallest absolute Gasteiger partial charge is 0.0277 e. The summed E-state index contributed by atoms with van der Waals surface area (Å²) in [5.74, 6) is 0. The van der Waals surface area contributed by atoms with E-state index >= 15 is 0 Å². The van der Waals surface area contributed by atoms with Crippen molar-refractivity contribution in [1.82, 2.24) is 0 Å². The van der Waals surface area contributed by atoms with Gasteiger partial charge in [-0.15, -0.1) is 0 Å². The lowest BCUT2D eigenvalue weighted by Gasteiger charge is -1.90. The minimum atomic E-state index is 1.00. The van der Waals surface area contributed by atoms with Crippen LogP contribution in [0.4, 0.5) is 0 Å². The van der Waals surface area contributed by atoms with Crippen LogP contribution < -0.4 is 0 Å². The maximum atomic E-state index is 3.90. The molecule has 2 nitrogen and oxygen atoms in total. The summed E-state index contributed by atoms with van der Waals surface area (Å²) in [6.07, 6.45) is 6.60. The Morgan fingerprint density at radius 1 is 1.30 bits per heavy atom. The van der Waals surface area contributed by atoms with Crippen LogP contribution in [0.25, 0.3) is 0 Å². The Balaban J connectivity index is 4.04. The maximum Gasteiger partial charge on any atom is 0.0277 e. The molecule has 0 aliphatic rings. The van der Waals surface area contributed by atoms with Crippen LogP contribution in [0, 0.1) is 0 Å². The highest BCUT2D eigenvalue weighted by molar-refractivity contribution is 5.86. The van der Waals surface area contributed by atoms with Crippen molar-refractivity contribution in [3.63, 3.8) is 0 Å². The average molecular weight is 138 g/mol. The fourth-order valence-corrected chi connectivity index (χ4v) is 0.588. The molecule has 0 bridgehead atoms. The van der Waals surface area contributed by atoms with Crippen LogP contribution in [-0.2, 0) is 0 Å². The fraction of sp³-hybridized carbons (Fsp3) is 0.500.